The second kappa shape index (κ2) is 6.47. The molecule has 0 saturated carbocycles. The SMILES string of the molecule is CNc1nc(-c2ccc(CCNC(C)=O)c(F)c2)cs1. The summed E-state index contributed by atoms with van der Waals surface area (Å²) < 4.78 is 14.0. The Labute approximate surface area is 121 Å². The summed E-state index contributed by atoms with van der Waals surface area (Å²) in [6.07, 6.45) is 0.477. The molecule has 0 saturated heterocycles. The van der Waals surface area contributed by atoms with Crippen LogP contribution in [0.1, 0.15) is 12.5 Å². The van der Waals surface area contributed by atoms with Gasteiger partial charge in [-0.2, -0.15) is 0 Å². The maximum absolute atomic E-state index is 14.0. The first kappa shape index (κ1) is 14.5. The highest BCUT2D eigenvalue weighted by Gasteiger charge is 2.08. The molecule has 2 aromatic rings. The van der Waals surface area contributed by atoms with Gasteiger partial charge in [-0.05, 0) is 18.1 Å². The Morgan fingerprint density at radius 1 is 1.45 bits per heavy atom. The molecular weight excluding hydrogens is 277 g/mol. The number of thiazole rings is 1. The minimum Gasteiger partial charge on any atom is -0.365 e. The number of nitrogens with one attached hydrogen (secondary N) is 2. The molecule has 0 bridgehead atoms. The number of carbonyl (C=O) groups excluding carboxylic acids is 1. The van der Waals surface area contributed by atoms with E-state index in [9.17, 15) is 9.18 Å². The van der Waals surface area contributed by atoms with Gasteiger partial charge in [-0.1, -0.05) is 12.1 Å². The highest BCUT2D eigenvalue weighted by atomic mass is 32.1. The zero-order valence-electron chi connectivity index (χ0n) is 11.4. The largest absolute Gasteiger partial charge is 0.365 e. The van der Waals surface area contributed by atoms with E-state index in [4.69, 9.17) is 0 Å². The van der Waals surface area contributed by atoms with Crippen LogP contribution in [0.15, 0.2) is 23.6 Å². The number of rotatable bonds is 5. The van der Waals surface area contributed by atoms with Gasteiger partial charge in [0.2, 0.25) is 5.91 Å². The number of benzene rings is 1. The van der Waals surface area contributed by atoms with Crippen molar-refractivity contribution in [2.24, 2.45) is 0 Å². The molecule has 4 nitrogen and oxygen atoms in total. The van der Waals surface area contributed by atoms with Crippen molar-refractivity contribution in [3.63, 3.8) is 0 Å². The average molecular weight is 293 g/mol. The monoisotopic (exact) mass is 293 g/mol. The van der Waals surface area contributed by atoms with Crippen LogP contribution in [0, 0.1) is 5.82 Å². The third-order valence-corrected chi connectivity index (χ3v) is 3.69. The van der Waals surface area contributed by atoms with Crippen molar-refractivity contribution in [2.45, 2.75) is 13.3 Å². The van der Waals surface area contributed by atoms with Crippen molar-refractivity contribution in [1.82, 2.24) is 10.3 Å². The smallest absolute Gasteiger partial charge is 0.216 e. The Bertz CT molecular complexity index is 612. The van der Waals surface area contributed by atoms with E-state index in [1.807, 2.05) is 11.4 Å². The number of anilines is 1. The maximum Gasteiger partial charge on any atom is 0.216 e. The number of aromatic nitrogens is 1. The summed E-state index contributed by atoms with van der Waals surface area (Å²) in [5.74, 6) is -0.379. The molecule has 1 aromatic carbocycles. The number of halogens is 1. The molecule has 1 aromatic heterocycles. The van der Waals surface area contributed by atoms with Crippen molar-refractivity contribution >= 4 is 22.4 Å². The van der Waals surface area contributed by atoms with Gasteiger partial charge in [0.1, 0.15) is 5.82 Å². The number of hydrogen-bond donors (Lipinski definition) is 2. The third kappa shape index (κ3) is 3.54. The lowest BCUT2D eigenvalue weighted by molar-refractivity contribution is -0.118. The fraction of sp³-hybridized carbons (Fsp3) is 0.286. The van der Waals surface area contributed by atoms with E-state index in [-0.39, 0.29) is 11.7 Å². The molecule has 2 rings (SSSR count). The molecule has 0 aliphatic rings. The van der Waals surface area contributed by atoms with E-state index in [2.05, 4.69) is 15.6 Å². The topological polar surface area (TPSA) is 54.0 Å². The number of hydrogen-bond acceptors (Lipinski definition) is 4. The maximum atomic E-state index is 14.0. The fourth-order valence-electron chi connectivity index (χ4n) is 1.80. The second-order valence-electron chi connectivity index (χ2n) is 4.33. The zero-order chi connectivity index (χ0) is 14.5. The second-order valence-corrected chi connectivity index (χ2v) is 5.19. The van der Waals surface area contributed by atoms with Crippen LogP contribution in [-0.2, 0) is 11.2 Å². The average Bonchev–Trinajstić information content (AvgIpc) is 2.89. The van der Waals surface area contributed by atoms with E-state index in [1.165, 1.54) is 24.3 Å². The van der Waals surface area contributed by atoms with Crippen LogP contribution in [0.25, 0.3) is 11.3 Å². The van der Waals surface area contributed by atoms with Gasteiger partial charge in [0.25, 0.3) is 0 Å². The van der Waals surface area contributed by atoms with E-state index in [0.29, 0.717) is 18.5 Å². The summed E-state index contributed by atoms with van der Waals surface area (Å²) in [6, 6.07) is 5.07. The van der Waals surface area contributed by atoms with Gasteiger partial charge in [0, 0.05) is 31.5 Å². The third-order valence-electron chi connectivity index (χ3n) is 2.84. The number of amides is 1. The first-order valence-corrected chi connectivity index (χ1v) is 7.14. The zero-order valence-corrected chi connectivity index (χ0v) is 12.2. The highest BCUT2D eigenvalue weighted by Crippen LogP contribution is 2.26. The molecule has 0 aliphatic heterocycles. The Morgan fingerprint density at radius 2 is 2.25 bits per heavy atom. The first-order valence-electron chi connectivity index (χ1n) is 6.26. The van der Waals surface area contributed by atoms with Crippen LogP contribution in [0.5, 0.6) is 0 Å². The fourth-order valence-corrected chi connectivity index (χ4v) is 2.48. The molecule has 2 N–H and O–H groups in total. The Hall–Kier alpha value is -1.95. The molecule has 0 aliphatic carbocycles. The Balaban J connectivity index is 2.10. The molecule has 0 atom stereocenters. The lowest BCUT2D eigenvalue weighted by atomic mass is 10.1. The molecule has 0 fully saturated rings. The van der Waals surface area contributed by atoms with Crippen molar-refractivity contribution in [3.05, 3.63) is 35.0 Å². The Morgan fingerprint density at radius 3 is 2.85 bits per heavy atom. The summed E-state index contributed by atoms with van der Waals surface area (Å²) >= 11 is 1.48. The summed E-state index contributed by atoms with van der Waals surface area (Å²) in [4.78, 5) is 15.1. The van der Waals surface area contributed by atoms with E-state index >= 15 is 0 Å². The molecule has 1 amide bonds. The van der Waals surface area contributed by atoms with Gasteiger partial charge in [0.05, 0.1) is 5.69 Å². The van der Waals surface area contributed by atoms with E-state index in [0.717, 1.165) is 16.4 Å². The van der Waals surface area contributed by atoms with Gasteiger partial charge >= 0.3 is 0 Å². The lowest BCUT2D eigenvalue weighted by Gasteiger charge is -2.05. The van der Waals surface area contributed by atoms with Crippen LogP contribution >= 0.6 is 11.3 Å². The number of carbonyl (C=O) groups is 1. The van der Waals surface area contributed by atoms with Gasteiger partial charge < -0.3 is 10.6 Å². The summed E-state index contributed by atoms with van der Waals surface area (Å²) in [5, 5.41) is 8.30. The van der Waals surface area contributed by atoms with Gasteiger partial charge in [0.15, 0.2) is 5.13 Å². The molecule has 0 radical (unpaired) electrons. The minimum absolute atomic E-state index is 0.107. The van der Waals surface area contributed by atoms with Gasteiger partial charge in [-0.25, -0.2) is 9.37 Å². The van der Waals surface area contributed by atoms with Crippen LogP contribution in [0.3, 0.4) is 0 Å². The van der Waals surface area contributed by atoms with Crippen LogP contribution in [-0.4, -0.2) is 24.5 Å². The molecule has 20 heavy (non-hydrogen) atoms. The van der Waals surface area contributed by atoms with Crippen LogP contribution in [0.2, 0.25) is 0 Å². The number of nitrogens with zero attached hydrogens (tertiary/aromatic N) is 1. The van der Waals surface area contributed by atoms with Crippen molar-refractivity contribution in [1.29, 1.82) is 0 Å². The van der Waals surface area contributed by atoms with Gasteiger partial charge in [-0.3, -0.25) is 4.79 Å². The first-order chi connectivity index (χ1) is 9.60. The van der Waals surface area contributed by atoms with Crippen molar-refractivity contribution in [3.8, 4) is 11.3 Å². The molecule has 106 valence electrons. The quantitative estimate of drug-likeness (QED) is 0.891. The minimum atomic E-state index is -0.271. The molecule has 6 heteroatoms. The summed E-state index contributed by atoms with van der Waals surface area (Å²) in [5.41, 5.74) is 2.10. The Kier molecular flexibility index (Phi) is 4.68. The lowest BCUT2D eigenvalue weighted by Crippen LogP contribution is -2.22. The standard InChI is InChI=1S/C14H16FN3OS/c1-9(19)17-6-5-10-3-4-11(7-12(10)15)13-8-20-14(16-2)18-13/h3-4,7-8H,5-6H2,1-2H3,(H,16,18)(H,17,19). The van der Waals surface area contributed by atoms with Crippen molar-refractivity contribution < 1.29 is 9.18 Å². The van der Waals surface area contributed by atoms with Crippen molar-refractivity contribution in [2.75, 3.05) is 18.9 Å². The molecule has 0 unspecified atom stereocenters. The van der Waals surface area contributed by atoms with E-state index < -0.39 is 0 Å². The molecule has 1 heterocycles. The summed E-state index contributed by atoms with van der Waals surface area (Å²) in [6.45, 7) is 1.88. The summed E-state index contributed by atoms with van der Waals surface area (Å²) in [7, 11) is 1.80. The molecule has 0 spiro atoms. The predicted octanol–water partition coefficient (Wildman–Crippen LogP) is 2.67. The molecular formula is C14H16FN3OS. The highest BCUT2D eigenvalue weighted by molar-refractivity contribution is 7.14. The van der Waals surface area contributed by atoms with Crippen LogP contribution < -0.4 is 10.6 Å². The normalized spacial score (nSPS) is 10.3. The van der Waals surface area contributed by atoms with E-state index in [1.54, 1.807) is 13.1 Å². The van der Waals surface area contributed by atoms with Gasteiger partial charge in [-0.15, -0.1) is 11.3 Å². The predicted molar refractivity (Wildman–Crippen MR) is 79.4 cm³/mol. The van der Waals surface area contributed by atoms with Crippen LogP contribution in [0.4, 0.5) is 9.52 Å².